The summed E-state index contributed by atoms with van der Waals surface area (Å²) in [6, 6.07) is 6.74. The molecule has 1 aromatic carbocycles. The van der Waals surface area contributed by atoms with Gasteiger partial charge in [-0.05, 0) is 40.8 Å². The molecular formula is C15H19NOS. The number of benzene rings is 1. The molecule has 0 saturated heterocycles. The first-order chi connectivity index (χ1) is 8.70. The first-order valence-electron chi connectivity index (χ1n) is 6.44. The number of thiophene rings is 1. The van der Waals surface area contributed by atoms with Gasteiger partial charge in [0.15, 0.2) is 0 Å². The van der Waals surface area contributed by atoms with Gasteiger partial charge >= 0.3 is 0 Å². The molecule has 3 heteroatoms. The summed E-state index contributed by atoms with van der Waals surface area (Å²) in [5.74, 6) is 0.0428. The number of nitrogens with one attached hydrogen (secondary N) is 1. The Bertz CT molecular complexity index is 544. The van der Waals surface area contributed by atoms with Crippen LogP contribution in [0.1, 0.15) is 31.4 Å². The minimum Gasteiger partial charge on any atom is -0.356 e. The molecule has 0 bridgehead atoms. The standard InChI is InChI=1S/C15H19NOS/c1-3-4-12-5-6-15-14(9-12)13(10-18-15)7-8-16-11(2)17/h5-6,9-10H,3-4,7-8H2,1-2H3,(H,16,17). The van der Waals surface area contributed by atoms with Crippen molar-refractivity contribution < 1.29 is 4.79 Å². The maximum absolute atomic E-state index is 10.9. The lowest BCUT2D eigenvalue weighted by Crippen LogP contribution is -2.22. The van der Waals surface area contributed by atoms with E-state index in [1.807, 2.05) is 0 Å². The maximum Gasteiger partial charge on any atom is 0.216 e. The molecule has 0 atom stereocenters. The lowest BCUT2D eigenvalue weighted by molar-refractivity contribution is -0.118. The Kier molecular flexibility index (Phi) is 4.37. The van der Waals surface area contributed by atoms with Gasteiger partial charge in [-0.15, -0.1) is 11.3 Å². The van der Waals surface area contributed by atoms with Crippen molar-refractivity contribution in [3.63, 3.8) is 0 Å². The zero-order valence-electron chi connectivity index (χ0n) is 11.0. The summed E-state index contributed by atoms with van der Waals surface area (Å²) in [5.41, 5.74) is 2.76. The molecule has 0 aliphatic rings. The minimum absolute atomic E-state index is 0.0428. The van der Waals surface area contributed by atoms with E-state index in [1.54, 1.807) is 18.3 Å². The molecule has 1 N–H and O–H groups in total. The highest BCUT2D eigenvalue weighted by Gasteiger charge is 2.05. The minimum atomic E-state index is 0.0428. The van der Waals surface area contributed by atoms with E-state index in [2.05, 4.69) is 35.8 Å². The molecule has 2 nitrogen and oxygen atoms in total. The molecule has 0 aliphatic heterocycles. The SMILES string of the molecule is CCCc1ccc2scc(CCNC(C)=O)c2c1. The number of carbonyl (C=O) groups excluding carboxylic acids is 1. The van der Waals surface area contributed by atoms with E-state index in [4.69, 9.17) is 0 Å². The van der Waals surface area contributed by atoms with Crippen molar-refractivity contribution in [2.75, 3.05) is 6.54 Å². The van der Waals surface area contributed by atoms with E-state index < -0.39 is 0 Å². The van der Waals surface area contributed by atoms with E-state index in [0.717, 1.165) is 19.4 Å². The number of aryl methyl sites for hydroxylation is 1. The van der Waals surface area contributed by atoms with Crippen LogP contribution in [0.3, 0.4) is 0 Å². The molecule has 2 aromatic rings. The third-order valence-electron chi connectivity index (χ3n) is 3.03. The number of fused-ring (bicyclic) bond motifs is 1. The van der Waals surface area contributed by atoms with Crippen LogP contribution in [0.4, 0.5) is 0 Å². The predicted molar refractivity (Wildman–Crippen MR) is 78.2 cm³/mol. The molecule has 0 radical (unpaired) electrons. The summed E-state index contributed by atoms with van der Waals surface area (Å²) in [6.45, 7) is 4.49. The van der Waals surface area contributed by atoms with Crippen LogP contribution in [0.2, 0.25) is 0 Å². The van der Waals surface area contributed by atoms with Gasteiger partial charge in [-0.1, -0.05) is 25.5 Å². The average molecular weight is 261 g/mol. The lowest BCUT2D eigenvalue weighted by atomic mass is 10.0. The third kappa shape index (κ3) is 3.10. The number of amides is 1. The molecule has 0 saturated carbocycles. The summed E-state index contributed by atoms with van der Waals surface area (Å²) in [6.07, 6.45) is 3.23. The molecular weight excluding hydrogens is 242 g/mol. The summed E-state index contributed by atoms with van der Waals surface area (Å²) < 4.78 is 1.34. The molecule has 96 valence electrons. The molecule has 1 amide bonds. The van der Waals surface area contributed by atoms with E-state index in [0.29, 0.717) is 0 Å². The van der Waals surface area contributed by atoms with Crippen LogP contribution in [0.5, 0.6) is 0 Å². The van der Waals surface area contributed by atoms with Crippen molar-refractivity contribution in [2.45, 2.75) is 33.1 Å². The Labute approximate surface area is 112 Å². The maximum atomic E-state index is 10.9. The van der Waals surface area contributed by atoms with E-state index in [1.165, 1.54) is 27.6 Å². The van der Waals surface area contributed by atoms with Gasteiger partial charge in [0.05, 0.1) is 0 Å². The summed E-state index contributed by atoms with van der Waals surface area (Å²) in [7, 11) is 0. The van der Waals surface area contributed by atoms with Crippen LogP contribution in [0.15, 0.2) is 23.6 Å². The molecule has 0 fully saturated rings. The first kappa shape index (κ1) is 13.1. The first-order valence-corrected chi connectivity index (χ1v) is 7.32. The fraction of sp³-hybridized carbons (Fsp3) is 0.400. The highest BCUT2D eigenvalue weighted by atomic mass is 32.1. The second-order valence-corrected chi connectivity index (χ2v) is 5.49. The second kappa shape index (κ2) is 6.01. The second-order valence-electron chi connectivity index (χ2n) is 4.57. The molecule has 18 heavy (non-hydrogen) atoms. The van der Waals surface area contributed by atoms with Crippen LogP contribution in [0.25, 0.3) is 10.1 Å². The highest BCUT2D eigenvalue weighted by molar-refractivity contribution is 7.17. The number of rotatable bonds is 5. The van der Waals surface area contributed by atoms with Gasteiger partial charge in [0.2, 0.25) is 5.91 Å². The van der Waals surface area contributed by atoms with Crippen molar-refractivity contribution in [3.05, 3.63) is 34.7 Å². The van der Waals surface area contributed by atoms with Crippen LogP contribution in [-0.2, 0) is 17.6 Å². The van der Waals surface area contributed by atoms with E-state index in [9.17, 15) is 4.79 Å². The number of carbonyl (C=O) groups is 1. The van der Waals surface area contributed by atoms with Crippen LogP contribution >= 0.6 is 11.3 Å². The van der Waals surface area contributed by atoms with Crippen molar-refractivity contribution >= 4 is 27.3 Å². The van der Waals surface area contributed by atoms with Gasteiger partial charge < -0.3 is 5.32 Å². The largest absolute Gasteiger partial charge is 0.356 e. The zero-order valence-corrected chi connectivity index (χ0v) is 11.8. The Morgan fingerprint density at radius 1 is 1.33 bits per heavy atom. The Hall–Kier alpha value is -1.35. The zero-order chi connectivity index (χ0) is 13.0. The summed E-state index contributed by atoms with van der Waals surface area (Å²) >= 11 is 1.79. The normalized spacial score (nSPS) is 10.8. The van der Waals surface area contributed by atoms with Crippen molar-refractivity contribution in [2.24, 2.45) is 0 Å². The Balaban J connectivity index is 2.16. The molecule has 2 rings (SSSR count). The van der Waals surface area contributed by atoms with Crippen LogP contribution < -0.4 is 5.32 Å². The molecule has 1 heterocycles. The quantitative estimate of drug-likeness (QED) is 0.876. The molecule has 0 spiro atoms. The van der Waals surface area contributed by atoms with Crippen molar-refractivity contribution in [1.82, 2.24) is 5.32 Å². The van der Waals surface area contributed by atoms with Gasteiger partial charge in [0.25, 0.3) is 0 Å². The topological polar surface area (TPSA) is 29.1 Å². The third-order valence-corrected chi connectivity index (χ3v) is 4.04. The average Bonchev–Trinajstić information content (AvgIpc) is 2.72. The fourth-order valence-corrected chi connectivity index (χ4v) is 3.12. The molecule has 1 aromatic heterocycles. The van der Waals surface area contributed by atoms with Crippen LogP contribution in [-0.4, -0.2) is 12.5 Å². The van der Waals surface area contributed by atoms with E-state index in [-0.39, 0.29) is 5.91 Å². The summed E-state index contributed by atoms with van der Waals surface area (Å²) in [5, 5.41) is 6.42. The lowest BCUT2D eigenvalue weighted by Gasteiger charge is -2.03. The Morgan fingerprint density at radius 2 is 2.17 bits per heavy atom. The summed E-state index contributed by atoms with van der Waals surface area (Å²) in [4.78, 5) is 10.9. The van der Waals surface area contributed by atoms with Gasteiger partial charge in [0.1, 0.15) is 0 Å². The Morgan fingerprint density at radius 3 is 2.89 bits per heavy atom. The molecule has 0 unspecified atom stereocenters. The van der Waals surface area contributed by atoms with E-state index >= 15 is 0 Å². The smallest absolute Gasteiger partial charge is 0.216 e. The fourth-order valence-electron chi connectivity index (χ4n) is 2.14. The van der Waals surface area contributed by atoms with Gasteiger partial charge in [-0.25, -0.2) is 0 Å². The van der Waals surface area contributed by atoms with Gasteiger partial charge in [-0.3, -0.25) is 4.79 Å². The monoisotopic (exact) mass is 261 g/mol. The predicted octanol–water partition coefficient (Wildman–Crippen LogP) is 3.53. The highest BCUT2D eigenvalue weighted by Crippen LogP contribution is 2.27. The molecule has 0 aliphatic carbocycles. The number of hydrogen-bond donors (Lipinski definition) is 1. The van der Waals surface area contributed by atoms with Gasteiger partial charge in [-0.2, -0.15) is 0 Å². The van der Waals surface area contributed by atoms with Gasteiger partial charge in [0, 0.05) is 18.2 Å². The van der Waals surface area contributed by atoms with Crippen LogP contribution in [0, 0.1) is 0 Å². The van der Waals surface area contributed by atoms with Crippen molar-refractivity contribution in [3.8, 4) is 0 Å². The van der Waals surface area contributed by atoms with Crippen molar-refractivity contribution in [1.29, 1.82) is 0 Å². The number of hydrogen-bond acceptors (Lipinski definition) is 2.